The van der Waals surface area contributed by atoms with Crippen molar-refractivity contribution in [1.29, 1.82) is 0 Å². The third-order valence-electron chi connectivity index (χ3n) is 6.03. The molecule has 0 bridgehead atoms. The molecule has 7 nitrogen and oxygen atoms in total. The third-order valence-corrected chi connectivity index (χ3v) is 6.03. The minimum absolute atomic E-state index is 0.102. The lowest BCUT2D eigenvalue weighted by Gasteiger charge is -2.18. The first kappa shape index (κ1) is 25.3. The molecule has 1 atom stereocenters. The van der Waals surface area contributed by atoms with E-state index in [4.69, 9.17) is 0 Å². The van der Waals surface area contributed by atoms with Gasteiger partial charge in [0, 0.05) is 0 Å². The number of allylic oxidation sites excluding steroid dienone is 2. The Morgan fingerprint density at radius 1 is 1.17 bits per heavy atom. The standard InChI is InChI=1S/C27H26F2N2O5/c1-3-4-5-10-20(24(32)33)30-23(15-18-9-7-6-8-17(18)2)31-25(34)26(13-14-26)19-11-12-21-22(16-19)36-27(28,29)35-21/h3-9,11-12,15-16,20,24,32-33H,1-2,10,13-14H2,(H,30,31,34)/b5-4-,18-15-. The number of hydrogen-bond acceptors (Lipinski definition) is 6. The number of nitrogens with zero attached hydrogens (tertiary/aromatic N) is 1. The van der Waals surface area contributed by atoms with E-state index in [1.807, 2.05) is 6.07 Å². The molecule has 0 spiro atoms. The van der Waals surface area contributed by atoms with Crippen LogP contribution >= 0.6 is 0 Å². The number of carbonyl (C=O) groups is 1. The molecule has 36 heavy (non-hydrogen) atoms. The molecule has 1 amide bonds. The first-order valence-electron chi connectivity index (χ1n) is 11.3. The van der Waals surface area contributed by atoms with E-state index in [0.29, 0.717) is 28.8 Å². The summed E-state index contributed by atoms with van der Waals surface area (Å²) in [4.78, 5) is 17.9. The van der Waals surface area contributed by atoms with Crippen molar-refractivity contribution in [2.24, 2.45) is 4.99 Å². The fourth-order valence-corrected chi connectivity index (χ4v) is 3.92. The molecule has 1 fully saturated rings. The molecule has 0 saturated heterocycles. The van der Waals surface area contributed by atoms with Gasteiger partial charge in [0.05, 0.1) is 5.41 Å². The van der Waals surface area contributed by atoms with Crippen molar-refractivity contribution >= 4 is 24.4 Å². The number of halogens is 2. The summed E-state index contributed by atoms with van der Waals surface area (Å²) in [6.07, 6.45) is 2.12. The minimum Gasteiger partial charge on any atom is -0.395 e. The van der Waals surface area contributed by atoms with Gasteiger partial charge in [0.1, 0.15) is 11.9 Å². The van der Waals surface area contributed by atoms with Crippen molar-refractivity contribution < 1.29 is 33.3 Å². The molecule has 2 aliphatic rings. The highest BCUT2D eigenvalue weighted by Crippen LogP contribution is 2.51. The molecule has 1 aliphatic heterocycles. The van der Waals surface area contributed by atoms with Crippen molar-refractivity contribution in [3.63, 3.8) is 0 Å². The molecule has 9 heteroatoms. The van der Waals surface area contributed by atoms with Crippen molar-refractivity contribution in [3.8, 4) is 11.5 Å². The van der Waals surface area contributed by atoms with Crippen molar-refractivity contribution in [2.45, 2.75) is 43.3 Å². The molecule has 0 radical (unpaired) electrons. The number of amidine groups is 1. The molecule has 2 aromatic carbocycles. The SMILES string of the molecule is C=C/C=C\CC(N=C(/C=c1/ccccc1=C)NC(=O)C1(c2ccc3c(c2)OC(F)(F)O3)CC1)C(O)O. The zero-order valence-electron chi connectivity index (χ0n) is 19.4. The topological polar surface area (TPSA) is 100 Å². The number of carbonyl (C=O) groups excluding carboxylic acids is 1. The van der Waals surface area contributed by atoms with Crippen LogP contribution in [-0.4, -0.2) is 40.6 Å². The Balaban J connectivity index is 1.66. The van der Waals surface area contributed by atoms with Gasteiger partial charge in [0.2, 0.25) is 5.91 Å². The van der Waals surface area contributed by atoms with E-state index in [-0.39, 0.29) is 23.8 Å². The molecule has 188 valence electrons. The lowest BCUT2D eigenvalue weighted by atomic mass is 9.94. The summed E-state index contributed by atoms with van der Waals surface area (Å²) in [6, 6.07) is 10.5. The molecule has 1 unspecified atom stereocenters. The van der Waals surface area contributed by atoms with Crippen LogP contribution in [0.3, 0.4) is 0 Å². The number of amides is 1. The first-order valence-corrected chi connectivity index (χ1v) is 11.3. The second-order valence-corrected chi connectivity index (χ2v) is 8.60. The lowest BCUT2D eigenvalue weighted by Crippen LogP contribution is -2.40. The maximum Gasteiger partial charge on any atom is 0.586 e. The van der Waals surface area contributed by atoms with Crippen LogP contribution in [0.4, 0.5) is 8.78 Å². The minimum atomic E-state index is -3.75. The number of ether oxygens (including phenoxy) is 2. The van der Waals surface area contributed by atoms with Crippen molar-refractivity contribution in [1.82, 2.24) is 5.32 Å². The molecular weight excluding hydrogens is 470 g/mol. The fraction of sp³-hybridized carbons (Fsp3) is 0.259. The molecule has 1 aliphatic carbocycles. The monoisotopic (exact) mass is 496 g/mol. The highest BCUT2D eigenvalue weighted by atomic mass is 19.3. The Morgan fingerprint density at radius 2 is 1.89 bits per heavy atom. The Labute approximate surface area is 206 Å². The van der Waals surface area contributed by atoms with E-state index >= 15 is 0 Å². The number of aliphatic imine (C=N–C) groups is 1. The normalized spacial score (nSPS) is 18.9. The fourth-order valence-electron chi connectivity index (χ4n) is 3.92. The van der Waals surface area contributed by atoms with E-state index in [1.54, 1.807) is 48.6 Å². The molecule has 4 rings (SSSR count). The van der Waals surface area contributed by atoms with Crippen LogP contribution in [0.25, 0.3) is 12.7 Å². The van der Waals surface area contributed by atoms with Crippen LogP contribution in [0.1, 0.15) is 24.8 Å². The van der Waals surface area contributed by atoms with Crippen molar-refractivity contribution in [2.75, 3.05) is 0 Å². The van der Waals surface area contributed by atoms with Gasteiger partial charge in [-0.2, -0.15) is 0 Å². The van der Waals surface area contributed by atoms with Crippen LogP contribution in [0.15, 0.2) is 72.3 Å². The predicted octanol–water partition coefficient (Wildman–Crippen LogP) is 2.26. The Kier molecular flexibility index (Phi) is 7.05. The lowest BCUT2D eigenvalue weighted by molar-refractivity contribution is -0.286. The predicted molar refractivity (Wildman–Crippen MR) is 131 cm³/mol. The van der Waals surface area contributed by atoms with E-state index < -0.39 is 29.9 Å². The maximum absolute atomic E-state index is 13.5. The number of alkyl halides is 2. The van der Waals surface area contributed by atoms with Gasteiger partial charge in [-0.25, -0.2) is 0 Å². The van der Waals surface area contributed by atoms with E-state index in [9.17, 15) is 23.8 Å². The smallest absolute Gasteiger partial charge is 0.395 e. The van der Waals surface area contributed by atoms with E-state index in [0.717, 1.165) is 0 Å². The average molecular weight is 497 g/mol. The number of nitrogens with one attached hydrogen (secondary N) is 1. The van der Waals surface area contributed by atoms with Gasteiger partial charge in [0.15, 0.2) is 17.8 Å². The van der Waals surface area contributed by atoms with Crippen LogP contribution in [0.5, 0.6) is 11.5 Å². The molecular formula is C27H26F2N2O5. The number of fused-ring (bicyclic) bond motifs is 1. The van der Waals surface area contributed by atoms with Gasteiger partial charge in [-0.05, 0) is 53.5 Å². The zero-order chi connectivity index (χ0) is 25.9. The van der Waals surface area contributed by atoms with Crippen LogP contribution in [0, 0.1) is 0 Å². The Morgan fingerprint density at radius 3 is 2.56 bits per heavy atom. The number of benzene rings is 2. The van der Waals surface area contributed by atoms with E-state index in [2.05, 4.69) is 32.9 Å². The van der Waals surface area contributed by atoms with E-state index in [1.165, 1.54) is 12.1 Å². The van der Waals surface area contributed by atoms with Crippen LogP contribution < -0.4 is 25.2 Å². The Hall–Kier alpha value is -3.82. The zero-order valence-corrected chi connectivity index (χ0v) is 19.4. The number of hydrogen-bond donors (Lipinski definition) is 3. The summed E-state index contributed by atoms with van der Waals surface area (Å²) < 4.78 is 35.9. The molecule has 3 N–H and O–H groups in total. The van der Waals surface area contributed by atoms with Gasteiger partial charge in [-0.3, -0.25) is 9.79 Å². The molecule has 1 saturated carbocycles. The summed E-state index contributed by atoms with van der Waals surface area (Å²) in [6.45, 7) is 7.56. The summed E-state index contributed by atoms with van der Waals surface area (Å²) in [5.74, 6) is -0.535. The number of aliphatic hydroxyl groups is 2. The molecule has 1 heterocycles. The number of rotatable bonds is 8. The van der Waals surface area contributed by atoms with Crippen LogP contribution in [-0.2, 0) is 10.2 Å². The molecule has 0 aromatic heterocycles. The highest BCUT2D eigenvalue weighted by Gasteiger charge is 2.53. The average Bonchev–Trinajstić information content (AvgIpc) is 3.57. The van der Waals surface area contributed by atoms with Gasteiger partial charge in [-0.1, -0.05) is 61.7 Å². The maximum atomic E-state index is 13.5. The molecule has 2 aromatic rings. The number of aliphatic hydroxyl groups excluding tert-OH is 1. The van der Waals surface area contributed by atoms with Crippen LogP contribution in [0.2, 0.25) is 0 Å². The largest absolute Gasteiger partial charge is 0.586 e. The Bertz CT molecular complexity index is 1330. The van der Waals surface area contributed by atoms with Gasteiger partial charge in [-0.15, -0.1) is 8.78 Å². The first-order chi connectivity index (χ1) is 17.1. The second kappa shape index (κ2) is 10.0. The van der Waals surface area contributed by atoms with Gasteiger partial charge in [0.25, 0.3) is 0 Å². The quantitative estimate of drug-likeness (QED) is 0.225. The third kappa shape index (κ3) is 5.53. The second-order valence-electron chi connectivity index (χ2n) is 8.60. The summed E-state index contributed by atoms with van der Waals surface area (Å²) in [5.41, 5.74) is -0.463. The highest BCUT2D eigenvalue weighted by molar-refractivity contribution is 6.17. The van der Waals surface area contributed by atoms with Gasteiger partial charge < -0.3 is 25.0 Å². The van der Waals surface area contributed by atoms with Gasteiger partial charge >= 0.3 is 6.29 Å². The summed E-state index contributed by atoms with van der Waals surface area (Å²) in [7, 11) is 0. The summed E-state index contributed by atoms with van der Waals surface area (Å²) >= 11 is 0. The summed E-state index contributed by atoms with van der Waals surface area (Å²) in [5, 5.41) is 23.9. The van der Waals surface area contributed by atoms with Crippen molar-refractivity contribution in [3.05, 3.63) is 83.3 Å².